The van der Waals surface area contributed by atoms with Crippen LogP contribution in [0.1, 0.15) is 11.1 Å². The zero-order chi connectivity index (χ0) is 22.2. The summed E-state index contributed by atoms with van der Waals surface area (Å²) in [6.07, 6.45) is 1.48. The van der Waals surface area contributed by atoms with Crippen LogP contribution in [0, 0.1) is 0 Å². The molecule has 1 fully saturated rings. The Morgan fingerprint density at radius 1 is 1.13 bits per heavy atom. The average molecular weight is 447 g/mol. The number of rotatable bonds is 8. The third-order valence-electron chi connectivity index (χ3n) is 5.09. The van der Waals surface area contributed by atoms with Gasteiger partial charge in [0.15, 0.2) is 11.5 Å². The number of phenols is 1. The molecule has 1 amide bonds. The number of hydrogen-bond acceptors (Lipinski definition) is 7. The van der Waals surface area contributed by atoms with Crippen molar-refractivity contribution in [1.29, 1.82) is 0 Å². The molecule has 0 bridgehead atoms. The highest BCUT2D eigenvalue weighted by Gasteiger charge is 2.19. The first-order valence-electron chi connectivity index (χ1n) is 9.95. The Hall–Kier alpha value is -2.81. The number of ether oxygens (including phenoxy) is 2. The molecule has 0 atom stereocenters. The highest BCUT2D eigenvalue weighted by Crippen LogP contribution is 2.36. The van der Waals surface area contributed by atoms with Crippen molar-refractivity contribution in [3.8, 4) is 17.2 Å². The second-order valence-corrected chi connectivity index (χ2v) is 7.62. The molecular formula is C22H27ClN4O4. The molecule has 3 rings (SSSR count). The highest BCUT2D eigenvalue weighted by molar-refractivity contribution is 6.31. The molecule has 0 unspecified atom stereocenters. The Labute approximate surface area is 187 Å². The third-order valence-corrected chi connectivity index (χ3v) is 5.46. The Kier molecular flexibility index (Phi) is 8.11. The predicted molar refractivity (Wildman–Crippen MR) is 120 cm³/mol. The smallest absolute Gasteiger partial charge is 0.254 e. The van der Waals surface area contributed by atoms with Gasteiger partial charge in [-0.05, 0) is 23.8 Å². The zero-order valence-electron chi connectivity index (χ0n) is 17.7. The number of nitrogens with one attached hydrogen (secondary N) is 1. The van der Waals surface area contributed by atoms with Gasteiger partial charge in [0.2, 0.25) is 5.75 Å². The van der Waals surface area contributed by atoms with Crippen LogP contribution in [0.2, 0.25) is 5.02 Å². The molecule has 1 saturated heterocycles. The van der Waals surface area contributed by atoms with E-state index in [9.17, 15) is 9.90 Å². The van der Waals surface area contributed by atoms with Gasteiger partial charge < -0.3 is 14.6 Å². The van der Waals surface area contributed by atoms with E-state index in [4.69, 9.17) is 21.1 Å². The van der Waals surface area contributed by atoms with Crippen LogP contribution in [-0.2, 0) is 11.3 Å². The number of benzene rings is 2. The molecule has 0 spiro atoms. The summed E-state index contributed by atoms with van der Waals surface area (Å²) in [7, 11) is 2.90. The topological polar surface area (TPSA) is 86.6 Å². The van der Waals surface area contributed by atoms with Gasteiger partial charge in [-0.15, -0.1) is 0 Å². The van der Waals surface area contributed by atoms with Crippen LogP contribution in [-0.4, -0.2) is 74.0 Å². The second-order valence-electron chi connectivity index (χ2n) is 7.21. The van der Waals surface area contributed by atoms with Gasteiger partial charge in [-0.1, -0.05) is 29.8 Å². The summed E-state index contributed by atoms with van der Waals surface area (Å²) < 4.78 is 10.2. The number of carbonyl (C=O) groups excluding carboxylic acids is 1. The van der Waals surface area contributed by atoms with Crippen molar-refractivity contribution < 1.29 is 19.4 Å². The lowest BCUT2D eigenvalue weighted by Crippen LogP contribution is -2.48. The molecule has 8 nitrogen and oxygen atoms in total. The molecule has 1 aliphatic heterocycles. The molecular weight excluding hydrogens is 420 g/mol. The fourth-order valence-electron chi connectivity index (χ4n) is 3.38. The molecule has 2 aromatic rings. The molecule has 1 heterocycles. The largest absolute Gasteiger partial charge is 0.502 e. The number of piperazine rings is 1. The minimum Gasteiger partial charge on any atom is -0.502 e. The van der Waals surface area contributed by atoms with Gasteiger partial charge in [0.1, 0.15) is 0 Å². The van der Waals surface area contributed by atoms with Crippen LogP contribution in [0.4, 0.5) is 0 Å². The number of phenolic OH excluding ortho intramolecular Hbond substituents is 1. The maximum absolute atomic E-state index is 12.2. The number of halogens is 1. The fraction of sp³-hybridized carbons (Fsp3) is 0.364. The number of carbonyl (C=O) groups is 1. The predicted octanol–water partition coefficient (Wildman–Crippen LogP) is 2.33. The van der Waals surface area contributed by atoms with Crippen molar-refractivity contribution in [2.24, 2.45) is 5.10 Å². The molecule has 0 radical (unpaired) electrons. The number of aromatic hydroxyl groups is 1. The van der Waals surface area contributed by atoms with Gasteiger partial charge in [0, 0.05) is 43.3 Å². The number of methoxy groups -OCH3 is 2. The number of hydrogen-bond donors (Lipinski definition) is 2. The summed E-state index contributed by atoms with van der Waals surface area (Å²) in [4.78, 5) is 16.7. The highest BCUT2D eigenvalue weighted by atomic mass is 35.5. The molecule has 0 aliphatic carbocycles. The zero-order valence-corrected chi connectivity index (χ0v) is 18.4. The second kappa shape index (κ2) is 11.0. The standard InChI is InChI=1S/C22H27ClN4O4/c1-30-19-11-16(12-20(31-2)22(19)29)13-24-25-21(28)15-27-9-7-26(8-10-27)14-17-5-3-4-6-18(17)23/h3-6,11-13,29H,7-10,14-15H2,1-2H3,(H,25,28). The monoisotopic (exact) mass is 446 g/mol. The lowest BCUT2D eigenvalue weighted by Gasteiger charge is -2.34. The molecule has 166 valence electrons. The number of amides is 1. The number of nitrogens with zero attached hydrogens (tertiary/aromatic N) is 3. The van der Waals surface area contributed by atoms with Crippen LogP contribution < -0.4 is 14.9 Å². The first-order valence-corrected chi connectivity index (χ1v) is 10.3. The van der Waals surface area contributed by atoms with Crippen LogP contribution in [0.5, 0.6) is 17.2 Å². The van der Waals surface area contributed by atoms with E-state index < -0.39 is 0 Å². The van der Waals surface area contributed by atoms with Gasteiger partial charge in [-0.25, -0.2) is 5.43 Å². The molecule has 1 aliphatic rings. The average Bonchev–Trinajstić information content (AvgIpc) is 2.77. The summed E-state index contributed by atoms with van der Waals surface area (Å²) in [6, 6.07) is 11.1. The van der Waals surface area contributed by atoms with Crippen molar-refractivity contribution in [3.05, 3.63) is 52.5 Å². The van der Waals surface area contributed by atoms with E-state index in [0.717, 1.165) is 43.3 Å². The van der Waals surface area contributed by atoms with E-state index in [1.165, 1.54) is 20.4 Å². The molecule has 9 heteroatoms. The third kappa shape index (κ3) is 6.33. The van der Waals surface area contributed by atoms with Gasteiger partial charge in [-0.3, -0.25) is 14.6 Å². The van der Waals surface area contributed by atoms with Gasteiger partial charge >= 0.3 is 0 Å². The van der Waals surface area contributed by atoms with Crippen LogP contribution in [0.25, 0.3) is 0 Å². The number of hydrazone groups is 1. The van der Waals surface area contributed by atoms with Crippen LogP contribution in [0.15, 0.2) is 41.5 Å². The molecule has 2 N–H and O–H groups in total. The molecule has 0 saturated carbocycles. The molecule has 0 aromatic heterocycles. The summed E-state index contributed by atoms with van der Waals surface area (Å²) >= 11 is 6.25. The Bertz CT molecular complexity index is 904. The van der Waals surface area contributed by atoms with E-state index in [0.29, 0.717) is 5.56 Å². The van der Waals surface area contributed by atoms with E-state index in [-0.39, 0.29) is 29.7 Å². The SMILES string of the molecule is COc1cc(C=NNC(=O)CN2CCN(Cc3ccccc3Cl)CC2)cc(OC)c1O. The van der Waals surface area contributed by atoms with E-state index in [1.807, 2.05) is 24.3 Å². The molecule has 31 heavy (non-hydrogen) atoms. The lowest BCUT2D eigenvalue weighted by atomic mass is 10.2. The Balaban J connectivity index is 1.45. The first-order chi connectivity index (χ1) is 15.0. The summed E-state index contributed by atoms with van der Waals surface area (Å²) in [5, 5.41) is 14.7. The summed E-state index contributed by atoms with van der Waals surface area (Å²) in [6.45, 7) is 4.43. The van der Waals surface area contributed by atoms with Crippen LogP contribution in [0.3, 0.4) is 0 Å². The van der Waals surface area contributed by atoms with Gasteiger partial charge in [0.05, 0.1) is 27.0 Å². The quantitative estimate of drug-likeness (QED) is 0.478. The Morgan fingerprint density at radius 3 is 2.35 bits per heavy atom. The fourth-order valence-corrected chi connectivity index (χ4v) is 3.57. The first kappa shape index (κ1) is 22.9. The summed E-state index contributed by atoms with van der Waals surface area (Å²) in [5.74, 6) is 0.261. The Morgan fingerprint density at radius 2 is 1.74 bits per heavy atom. The van der Waals surface area contributed by atoms with E-state index >= 15 is 0 Å². The maximum Gasteiger partial charge on any atom is 0.254 e. The van der Waals surface area contributed by atoms with Crippen LogP contribution >= 0.6 is 11.6 Å². The van der Waals surface area contributed by atoms with E-state index in [2.05, 4.69) is 20.3 Å². The summed E-state index contributed by atoms with van der Waals surface area (Å²) in [5.41, 5.74) is 4.28. The van der Waals surface area contributed by atoms with Crippen molar-refractivity contribution in [2.45, 2.75) is 6.54 Å². The van der Waals surface area contributed by atoms with Gasteiger partial charge in [0.25, 0.3) is 5.91 Å². The maximum atomic E-state index is 12.2. The van der Waals surface area contributed by atoms with Crippen molar-refractivity contribution in [2.75, 3.05) is 46.9 Å². The van der Waals surface area contributed by atoms with Crippen molar-refractivity contribution >= 4 is 23.7 Å². The van der Waals surface area contributed by atoms with E-state index in [1.54, 1.807) is 12.1 Å². The van der Waals surface area contributed by atoms with Crippen molar-refractivity contribution in [3.63, 3.8) is 0 Å². The molecule has 2 aromatic carbocycles. The normalized spacial score (nSPS) is 15.2. The minimum absolute atomic E-state index is 0.0835. The van der Waals surface area contributed by atoms with Gasteiger partial charge in [-0.2, -0.15) is 5.10 Å². The van der Waals surface area contributed by atoms with Crippen molar-refractivity contribution in [1.82, 2.24) is 15.2 Å². The lowest BCUT2D eigenvalue weighted by molar-refractivity contribution is -0.122. The minimum atomic E-state index is -0.187.